The Morgan fingerprint density at radius 3 is 2.31 bits per heavy atom. The number of hydrogen-bond donors (Lipinski definition) is 2. The molecule has 1 heterocycles. The van der Waals surface area contributed by atoms with E-state index in [1.807, 2.05) is 20.8 Å². The Balaban J connectivity index is 0.000000314. The molecule has 0 radical (unpaired) electrons. The number of primary amides is 1. The number of amides is 1. The molecule has 26 heavy (non-hydrogen) atoms. The van der Waals surface area contributed by atoms with Crippen LogP contribution in [0.25, 0.3) is 0 Å². The fraction of sp³-hybridized carbons (Fsp3) is 0.353. The number of alkyl halides is 3. The Kier molecular flexibility index (Phi) is 7.53. The first kappa shape index (κ1) is 21.9. The molecule has 0 aliphatic carbocycles. The molecule has 0 aliphatic heterocycles. The first-order chi connectivity index (χ1) is 11.9. The average molecular weight is 389 g/mol. The molecular weight excluding hydrogens is 369 g/mol. The van der Waals surface area contributed by atoms with Gasteiger partial charge < -0.3 is 11.1 Å². The first-order valence-electron chi connectivity index (χ1n) is 7.56. The van der Waals surface area contributed by atoms with E-state index in [1.54, 1.807) is 6.07 Å². The van der Waals surface area contributed by atoms with Crippen molar-refractivity contribution < 1.29 is 18.0 Å². The molecule has 142 valence electrons. The van der Waals surface area contributed by atoms with Gasteiger partial charge in [-0.1, -0.05) is 17.7 Å². The summed E-state index contributed by atoms with van der Waals surface area (Å²) in [5, 5.41) is 2.86. The molecule has 0 aliphatic rings. The van der Waals surface area contributed by atoms with Crippen molar-refractivity contribution in [3.8, 4) is 0 Å². The van der Waals surface area contributed by atoms with Crippen molar-refractivity contribution >= 4 is 17.5 Å². The summed E-state index contributed by atoms with van der Waals surface area (Å²) in [6, 6.07) is 3.96. The number of nitrogens with zero attached hydrogens (tertiary/aromatic N) is 2. The summed E-state index contributed by atoms with van der Waals surface area (Å²) in [6.07, 6.45) is -0.191. The van der Waals surface area contributed by atoms with Gasteiger partial charge in [-0.15, -0.1) is 0 Å². The van der Waals surface area contributed by atoms with E-state index in [4.69, 9.17) is 17.3 Å². The van der Waals surface area contributed by atoms with E-state index in [1.165, 1.54) is 24.7 Å². The molecule has 0 spiro atoms. The lowest BCUT2D eigenvalue weighted by atomic mass is 10.1. The molecule has 5 nitrogen and oxygen atoms in total. The zero-order chi connectivity index (χ0) is 20.0. The van der Waals surface area contributed by atoms with E-state index < -0.39 is 17.6 Å². The van der Waals surface area contributed by atoms with Gasteiger partial charge in [-0.05, 0) is 38.5 Å². The zero-order valence-electron chi connectivity index (χ0n) is 14.6. The molecule has 1 aromatic carbocycles. The van der Waals surface area contributed by atoms with Crippen LogP contribution in [0.2, 0.25) is 5.02 Å². The Morgan fingerprint density at radius 2 is 1.88 bits per heavy atom. The number of nitrogens with one attached hydrogen (secondary N) is 1. The zero-order valence-corrected chi connectivity index (χ0v) is 15.3. The number of aromatic nitrogens is 2. The third kappa shape index (κ3) is 7.79. The minimum absolute atomic E-state index is 0.141. The monoisotopic (exact) mass is 388 g/mol. The van der Waals surface area contributed by atoms with Crippen molar-refractivity contribution in [1.82, 2.24) is 15.3 Å². The summed E-state index contributed by atoms with van der Waals surface area (Å²) in [6.45, 7) is 6.23. The second kappa shape index (κ2) is 8.95. The normalized spacial score (nSPS) is 11.5. The summed E-state index contributed by atoms with van der Waals surface area (Å²) in [4.78, 5) is 17.6. The standard InChI is InChI=1S/C12H15ClF3N.C5H5N3O/c1-11(2,3)17-7-8-4-5-10(13)9(6-8)12(14,15)16;6-5(9)4-3-7-1-2-8-4/h4-6,17H,7H2,1-3H3;1-3H,(H2,6,9). The van der Waals surface area contributed by atoms with Crippen molar-refractivity contribution in [2.45, 2.75) is 39.0 Å². The highest BCUT2D eigenvalue weighted by molar-refractivity contribution is 6.31. The SMILES string of the molecule is CC(C)(C)NCc1ccc(Cl)c(C(F)(F)F)c1.NC(=O)c1cnccn1. The van der Waals surface area contributed by atoms with Crippen LogP contribution < -0.4 is 11.1 Å². The minimum atomic E-state index is -4.41. The molecule has 1 amide bonds. The number of nitrogens with two attached hydrogens (primary N) is 1. The molecule has 0 atom stereocenters. The summed E-state index contributed by atoms with van der Waals surface area (Å²) >= 11 is 5.53. The predicted molar refractivity (Wildman–Crippen MR) is 93.6 cm³/mol. The summed E-state index contributed by atoms with van der Waals surface area (Å²) in [7, 11) is 0. The molecule has 0 saturated carbocycles. The molecule has 0 bridgehead atoms. The van der Waals surface area contributed by atoms with Crippen LogP contribution in [0.4, 0.5) is 13.2 Å². The number of rotatable bonds is 3. The maximum atomic E-state index is 12.6. The highest BCUT2D eigenvalue weighted by atomic mass is 35.5. The topological polar surface area (TPSA) is 80.9 Å². The number of hydrogen-bond acceptors (Lipinski definition) is 4. The third-order valence-corrected chi connectivity index (χ3v) is 3.30. The van der Waals surface area contributed by atoms with Gasteiger partial charge in [0, 0.05) is 24.5 Å². The molecule has 3 N–H and O–H groups in total. The molecular formula is C17H20ClF3N4O. The maximum absolute atomic E-state index is 12.6. The third-order valence-electron chi connectivity index (χ3n) is 2.97. The van der Waals surface area contributed by atoms with Gasteiger partial charge in [-0.2, -0.15) is 13.2 Å². The molecule has 0 saturated heterocycles. The van der Waals surface area contributed by atoms with Gasteiger partial charge in [0.2, 0.25) is 0 Å². The number of carbonyl (C=O) groups excluding carboxylic acids is 1. The fourth-order valence-electron chi connectivity index (χ4n) is 1.69. The van der Waals surface area contributed by atoms with Crippen LogP contribution in [-0.2, 0) is 12.7 Å². The molecule has 2 rings (SSSR count). The minimum Gasteiger partial charge on any atom is -0.364 e. The number of carbonyl (C=O) groups is 1. The lowest BCUT2D eigenvalue weighted by molar-refractivity contribution is -0.137. The average Bonchev–Trinajstić information content (AvgIpc) is 2.53. The van der Waals surface area contributed by atoms with Gasteiger partial charge in [0.05, 0.1) is 16.8 Å². The molecule has 0 fully saturated rings. The quantitative estimate of drug-likeness (QED) is 0.837. The van der Waals surface area contributed by atoms with Crippen LogP contribution in [-0.4, -0.2) is 21.4 Å². The smallest absolute Gasteiger partial charge is 0.364 e. The van der Waals surface area contributed by atoms with E-state index in [0.29, 0.717) is 12.1 Å². The Morgan fingerprint density at radius 1 is 1.23 bits per heavy atom. The van der Waals surface area contributed by atoms with Crippen LogP contribution in [0.5, 0.6) is 0 Å². The van der Waals surface area contributed by atoms with Crippen molar-refractivity contribution in [3.05, 3.63) is 58.6 Å². The predicted octanol–water partition coefficient (Wildman–Crippen LogP) is 3.82. The first-order valence-corrected chi connectivity index (χ1v) is 7.94. The molecule has 9 heteroatoms. The Bertz CT molecular complexity index is 731. The highest BCUT2D eigenvalue weighted by Gasteiger charge is 2.33. The van der Waals surface area contributed by atoms with Gasteiger partial charge in [0.15, 0.2) is 0 Å². The molecule has 1 aromatic heterocycles. The van der Waals surface area contributed by atoms with Crippen molar-refractivity contribution in [3.63, 3.8) is 0 Å². The Hall–Kier alpha value is -2.19. The van der Waals surface area contributed by atoms with Crippen molar-refractivity contribution in [2.75, 3.05) is 0 Å². The second-order valence-corrected chi connectivity index (χ2v) is 6.78. The van der Waals surface area contributed by atoms with Crippen LogP contribution >= 0.6 is 11.6 Å². The van der Waals surface area contributed by atoms with Gasteiger partial charge in [-0.25, -0.2) is 4.98 Å². The van der Waals surface area contributed by atoms with Crippen LogP contribution in [0.3, 0.4) is 0 Å². The van der Waals surface area contributed by atoms with E-state index in [2.05, 4.69) is 15.3 Å². The summed E-state index contributed by atoms with van der Waals surface area (Å²) in [5.41, 5.74) is 4.71. The number of halogens is 4. The Labute approximate surface area is 154 Å². The molecule has 2 aromatic rings. The lowest BCUT2D eigenvalue weighted by Gasteiger charge is -2.21. The van der Waals surface area contributed by atoms with Gasteiger partial charge in [0.1, 0.15) is 5.69 Å². The second-order valence-electron chi connectivity index (χ2n) is 6.37. The van der Waals surface area contributed by atoms with E-state index >= 15 is 0 Å². The van der Waals surface area contributed by atoms with Crippen molar-refractivity contribution in [2.24, 2.45) is 5.73 Å². The van der Waals surface area contributed by atoms with Crippen LogP contribution in [0, 0.1) is 0 Å². The van der Waals surface area contributed by atoms with Gasteiger partial charge in [-0.3, -0.25) is 9.78 Å². The summed E-state index contributed by atoms with van der Waals surface area (Å²) < 4.78 is 37.8. The van der Waals surface area contributed by atoms with E-state index in [-0.39, 0.29) is 16.3 Å². The van der Waals surface area contributed by atoms with Gasteiger partial charge >= 0.3 is 6.18 Å². The van der Waals surface area contributed by atoms with E-state index in [9.17, 15) is 18.0 Å². The lowest BCUT2D eigenvalue weighted by Crippen LogP contribution is -2.35. The fourth-order valence-corrected chi connectivity index (χ4v) is 1.92. The van der Waals surface area contributed by atoms with Crippen LogP contribution in [0.1, 0.15) is 42.4 Å². The largest absolute Gasteiger partial charge is 0.417 e. The summed E-state index contributed by atoms with van der Waals surface area (Å²) in [5.74, 6) is -0.553. The van der Waals surface area contributed by atoms with Crippen molar-refractivity contribution in [1.29, 1.82) is 0 Å². The van der Waals surface area contributed by atoms with Crippen LogP contribution in [0.15, 0.2) is 36.8 Å². The number of benzene rings is 1. The van der Waals surface area contributed by atoms with E-state index in [0.717, 1.165) is 6.07 Å². The molecule has 0 unspecified atom stereocenters. The van der Waals surface area contributed by atoms with Gasteiger partial charge in [0.25, 0.3) is 5.91 Å². The highest BCUT2D eigenvalue weighted by Crippen LogP contribution is 2.35. The maximum Gasteiger partial charge on any atom is 0.417 e.